The number of rotatable bonds is 6. The van der Waals surface area contributed by atoms with Crippen molar-refractivity contribution in [2.24, 2.45) is 11.3 Å². The molecule has 148 valence electrons. The van der Waals surface area contributed by atoms with Crippen molar-refractivity contribution in [3.8, 4) is 5.75 Å². The minimum Gasteiger partial charge on any atom is -0.465 e. The predicted molar refractivity (Wildman–Crippen MR) is 113 cm³/mol. The SMILES string of the molecule is C=C(c1ccc(OC(OC2CCCCC2)C(C)C)cc1)C(C)(C)C.CC. The molecule has 0 aliphatic heterocycles. The van der Waals surface area contributed by atoms with E-state index in [1.807, 2.05) is 26.0 Å². The summed E-state index contributed by atoms with van der Waals surface area (Å²) < 4.78 is 12.4. The lowest BCUT2D eigenvalue weighted by Crippen LogP contribution is -2.32. The summed E-state index contributed by atoms with van der Waals surface area (Å²) in [5.41, 5.74) is 2.39. The molecule has 1 atom stereocenters. The van der Waals surface area contributed by atoms with Crippen molar-refractivity contribution in [3.05, 3.63) is 36.4 Å². The second-order valence-corrected chi connectivity index (χ2v) is 8.38. The van der Waals surface area contributed by atoms with E-state index in [4.69, 9.17) is 9.47 Å². The van der Waals surface area contributed by atoms with Crippen LogP contribution in [-0.2, 0) is 4.74 Å². The summed E-state index contributed by atoms with van der Waals surface area (Å²) in [5, 5.41) is 0. The first kappa shape index (κ1) is 22.8. The quantitative estimate of drug-likeness (QED) is 0.489. The van der Waals surface area contributed by atoms with Gasteiger partial charge in [-0.1, -0.05) is 86.4 Å². The van der Waals surface area contributed by atoms with E-state index in [0.29, 0.717) is 12.0 Å². The molecular formula is C24H40O2. The molecule has 0 heterocycles. The fourth-order valence-corrected chi connectivity index (χ4v) is 3.01. The lowest BCUT2D eigenvalue weighted by atomic mass is 9.83. The standard InChI is InChI=1S/C22H34O2.C2H6/c1-16(2)21(23-19-10-8-7-9-11-19)24-20-14-12-18(13-15-20)17(3)22(4,5)6;1-2/h12-16,19,21H,3,7-11H2,1-2,4-6H3;1-2H3. The van der Waals surface area contributed by atoms with E-state index < -0.39 is 0 Å². The third-order valence-electron chi connectivity index (χ3n) is 4.78. The van der Waals surface area contributed by atoms with Crippen molar-refractivity contribution < 1.29 is 9.47 Å². The highest BCUT2D eigenvalue weighted by Gasteiger charge is 2.23. The second-order valence-electron chi connectivity index (χ2n) is 8.38. The first-order valence-electron chi connectivity index (χ1n) is 10.4. The highest BCUT2D eigenvalue weighted by molar-refractivity contribution is 5.67. The molecule has 0 saturated heterocycles. The smallest absolute Gasteiger partial charge is 0.202 e. The summed E-state index contributed by atoms with van der Waals surface area (Å²) >= 11 is 0. The van der Waals surface area contributed by atoms with Gasteiger partial charge in [0.2, 0.25) is 6.29 Å². The summed E-state index contributed by atoms with van der Waals surface area (Å²) in [6.07, 6.45) is 6.40. The molecule has 1 aliphatic carbocycles. The Kier molecular flexibility index (Phi) is 9.43. The Morgan fingerprint density at radius 2 is 1.54 bits per heavy atom. The Hall–Kier alpha value is -1.28. The van der Waals surface area contributed by atoms with Crippen molar-refractivity contribution in [3.63, 3.8) is 0 Å². The second kappa shape index (κ2) is 10.8. The molecule has 0 spiro atoms. The molecule has 0 amide bonds. The minimum atomic E-state index is -0.176. The van der Waals surface area contributed by atoms with Crippen LogP contribution in [0.25, 0.3) is 5.57 Å². The maximum absolute atomic E-state index is 6.25. The van der Waals surface area contributed by atoms with Gasteiger partial charge >= 0.3 is 0 Å². The van der Waals surface area contributed by atoms with Gasteiger partial charge in [0.05, 0.1) is 6.10 Å². The normalized spacial score (nSPS) is 16.6. The third-order valence-corrected chi connectivity index (χ3v) is 4.78. The van der Waals surface area contributed by atoms with Gasteiger partial charge in [-0.3, -0.25) is 0 Å². The lowest BCUT2D eigenvalue weighted by molar-refractivity contribution is -0.150. The maximum atomic E-state index is 6.25. The molecule has 1 fully saturated rings. The van der Waals surface area contributed by atoms with Crippen LogP contribution in [-0.4, -0.2) is 12.4 Å². The van der Waals surface area contributed by atoms with Crippen LogP contribution >= 0.6 is 0 Å². The Bertz CT molecular complexity index is 516. The summed E-state index contributed by atoms with van der Waals surface area (Å²) in [7, 11) is 0. The number of benzene rings is 1. The van der Waals surface area contributed by atoms with Gasteiger partial charge in [-0.25, -0.2) is 0 Å². The molecule has 2 rings (SSSR count). The van der Waals surface area contributed by atoms with Crippen molar-refractivity contribution in [2.75, 3.05) is 0 Å². The Morgan fingerprint density at radius 1 is 1.00 bits per heavy atom. The Labute approximate surface area is 162 Å². The van der Waals surface area contributed by atoms with Gasteiger partial charge < -0.3 is 9.47 Å². The van der Waals surface area contributed by atoms with Gasteiger partial charge in [-0.15, -0.1) is 0 Å². The van der Waals surface area contributed by atoms with Gasteiger partial charge in [0.1, 0.15) is 5.75 Å². The molecule has 0 radical (unpaired) electrons. The number of ether oxygens (including phenoxy) is 2. The van der Waals surface area contributed by atoms with Crippen molar-refractivity contribution in [1.29, 1.82) is 0 Å². The highest BCUT2D eigenvalue weighted by atomic mass is 16.7. The molecular weight excluding hydrogens is 320 g/mol. The Morgan fingerprint density at radius 3 is 2.00 bits per heavy atom. The molecule has 1 saturated carbocycles. The molecule has 0 aromatic heterocycles. The maximum Gasteiger partial charge on any atom is 0.202 e. The van der Waals surface area contributed by atoms with Crippen LogP contribution in [0.15, 0.2) is 30.8 Å². The summed E-state index contributed by atoms with van der Waals surface area (Å²) in [6, 6.07) is 8.26. The average Bonchev–Trinajstić information content (AvgIpc) is 2.63. The average molecular weight is 361 g/mol. The van der Waals surface area contributed by atoms with Crippen molar-refractivity contribution in [2.45, 2.75) is 93.0 Å². The van der Waals surface area contributed by atoms with Gasteiger partial charge in [0.15, 0.2) is 0 Å². The van der Waals surface area contributed by atoms with E-state index in [0.717, 1.165) is 24.2 Å². The zero-order chi connectivity index (χ0) is 19.7. The van der Waals surface area contributed by atoms with Gasteiger partial charge in [-0.2, -0.15) is 0 Å². The summed E-state index contributed by atoms with van der Waals surface area (Å²) in [4.78, 5) is 0. The molecule has 2 nitrogen and oxygen atoms in total. The van der Waals surface area contributed by atoms with Crippen LogP contribution < -0.4 is 4.74 Å². The molecule has 1 unspecified atom stereocenters. The topological polar surface area (TPSA) is 18.5 Å². The van der Waals surface area contributed by atoms with Crippen molar-refractivity contribution >= 4 is 5.57 Å². The minimum absolute atomic E-state index is 0.0763. The van der Waals surface area contributed by atoms with Gasteiger partial charge in [-0.05, 0) is 41.5 Å². The van der Waals surface area contributed by atoms with E-state index in [-0.39, 0.29) is 11.7 Å². The molecule has 2 heteroatoms. The number of allylic oxidation sites excluding steroid dienone is 1. The fourth-order valence-electron chi connectivity index (χ4n) is 3.01. The van der Waals surface area contributed by atoms with E-state index >= 15 is 0 Å². The first-order valence-corrected chi connectivity index (χ1v) is 10.4. The fraction of sp³-hybridized carbons (Fsp3) is 0.667. The van der Waals surface area contributed by atoms with Crippen molar-refractivity contribution in [1.82, 2.24) is 0 Å². The predicted octanol–water partition coefficient (Wildman–Crippen LogP) is 7.48. The lowest BCUT2D eigenvalue weighted by Gasteiger charge is -2.30. The van der Waals surface area contributed by atoms with Crippen LogP contribution in [0.5, 0.6) is 5.75 Å². The highest BCUT2D eigenvalue weighted by Crippen LogP contribution is 2.33. The summed E-state index contributed by atoms with van der Waals surface area (Å²) in [5.74, 6) is 1.20. The first-order chi connectivity index (χ1) is 12.3. The van der Waals surface area contributed by atoms with E-state index in [2.05, 4.69) is 53.3 Å². The molecule has 0 N–H and O–H groups in total. The third kappa shape index (κ3) is 7.15. The molecule has 26 heavy (non-hydrogen) atoms. The molecule has 1 aliphatic rings. The van der Waals surface area contributed by atoms with Crippen LogP contribution in [0.2, 0.25) is 0 Å². The molecule has 1 aromatic carbocycles. The Balaban J connectivity index is 0.00000163. The van der Waals surface area contributed by atoms with Crippen LogP contribution in [0.3, 0.4) is 0 Å². The number of hydrogen-bond donors (Lipinski definition) is 0. The van der Waals surface area contributed by atoms with Crippen LogP contribution in [0.4, 0.5) is 0 Å². The zero-order valence-electron chi connectivity index (χ0n) is 18.1. The van der Waals surface area contributed by atoms with E-state index in [1.54, 1.807) is 0 Å². The largest absolute Gasteiger partial charge is 0.465 e. The van der Waals surface area contributed by atoms with E-state index in [9.17, 15) is 0 Å². The zero-order valence-corrected chi connectivity index (χ0v) is 18.1. The summed E-state index contributed by atoms with van der Waals surface area (Å²) in [6.45, 7) is 19.1. The van der Waals surface area contributed by atoms with Crippen LogP contribution in [0.1, 0.15) is 86.1 Å². The van der Waals surface area contributed by atoms with Crippen LogP contribution in [0, 0.1) is 11.3 Å². The van der Waals surface area contributed by atoms with E-state index in [1.165, 1.54) is 24.8 Å². The van der Waals surface area contributed by atoms with Gasteiger partial charge in [0.25, 0.3) is 0 Å². The monoisotopic (exact) mass is 360 g/mol. The number of hydrogen-bond acceptors (Lipinski definition) is 2. The molecule has 0 bridgehead atoms. The molecule has 1 aromatic rings. The van der Waals surface area contributed by atoms with Gasteiger partial charge in [0, 0.05) is 5.92 Å².